The minimum atomic E-state index is -0.906. The molecule has 4 rings (SSSR count). The van der Waals surface area contributed by atoms with Gasteiger partial charge in [0.1, 0.15) is 11.5 Å². The van der Waals surface area contributed by atoms with Crippen molar-refractivity contribution in [1.29, 1.82) is 5.26 Å². The molecular formula is C25H20N4O4. The second-order valence-corrected chi connectivity index (χ2v) is 7.22. The van der Waals surface area contributed by atoms with Crippen molar-refractivity contribution in [3.05, 3.63) is 95.1 Å². The van der Waals surface area contributed by atoms with Gasteiger partial charge in [-0.15, -0.1) is 0 Å². The second kappa shape index (κ2) is 8.85. The first kappa shape index (κ1) is 21.6. The van der Waals surface area contributed by atoms with E-state index in [0.29, 0.717) is 11.3 Å². The van der Waals surface area contributed by atoms with Gasteiger partial charge in [0.15, 0.2) is 0 Å². The molecule has 1 aromatic heterocycles. The highest BCUT2D eigenvalue weighted by Crippen LogP contribution is 2.43. The van der Waals surface area contributed by atoms with Crippen LogP contribution in [0.25, 0.3) is 10.9 Å². The van der Waals surface area contributed by atoms with Crippen molar-refractivity contribution in [2.24, 2.45) is 5.73 Å². The summed E-state index contributed by atoms with van der Waals surface area (Å²) in [5.41, 5.74) is 8.28. The fourth-order valence-corrected chi connectivity index (χ4v) is 3.98. The van der Waals surface area contributed by atoms with Gasteiger partial charge in [-0.2, -0.15) is 5.26 Å². The van der Waals surface area contributed by atoms with Gasteiger partial charge in [0, 0.05) is 17.3 Å². The van der Waals surface area contributed by atoms with Crippen LogP contribution >= 0.6 is 0 Å². The Hall–Kier alpha value is -4.64. The molecule has 3 aromatic rings. The third kappa shape index (κ3) is 3.66. The molecule has 8 nitrogen and oxygen atoms in total. The standard InChI is InChI=1S/C25H20N4O4/c1-32-24(30)21-20(15-7-4-3-5-8-15)18(14-26)23(27)29(22(21)25(31)33-2)17-10-11-19-16(13-17)9-6-12-28-19/h3-13,20H,27H2,1-2H3. The zero-order chi connectivity index (χ0) is 23.5. The van der Waals surface area contributed by atoms with Crippen LogP contribution in [0.1, 0.15) is 11.5 Å². The van der Waals surface area contributed by atoms with Crippen LogP contribution in [0.3, 0.4) is 0 Å². The number of nitrogens with two attached hydrogens (primary N) is 1. The number of pyridine rings is 1. The van der Waals surface area contributed by atoms with Gasteiger partial charge in [0.05, 0.1) is 42.9 Å². The first-order valence-corrected chi connectivity index (χ1v) is 10.0. The maximum Gasteiger partial charge on any atom is 0.355 e. The molecule has 1 aliphatic rings. The first-order valence-electron chi connectivity index (χ1n) is 10.0. The zero-order valence-electron chi connectivity index (χ0n) is 18.0. The molecule has 2 aromatic carbocycles. The number of carbonyl (C=O) groups is 2. The van der Waals surface area contributed by atoms with Gasteiger partial charge in [-0.1, -0.05) is 36.4 Å². The van der Waals surface area contributed by atoms with E-state index in [2.05, 4.69) is 11.1 Å². The molecule has 0 saturated carbocycles. The zero-order valence-corrected chi connectivity index (χ0v) is 18.0. The number of fused-ring (bicyclic) bond motifs is 1. The average Bonchev–Trinajstić information content (AvgIpc) is 2.87. The second-order valence-electron chi connectivity index (χ2n) is 7.22. The Balaban J connectivity index is 2.06. The summed E-state index contributed by atoms with van der Waals surface area (Å²) in [6.45, 7) is 0. The largest absolute Gasteiger partial charge is 0.466 e. The Bertz CT molecular complexity index is 1360. The highest BCUT2D eigenvalue weighted by molar-refractivity contribution is 6.06. The third-order valence-corrected chi connectivity index (χ3v) is 5.46. The van der Waals surface area contributed by atoms with Gasteiger partial charge in [-0.3, -0.25) is 9.88 Å². The van der Waals surface area contributed by atoms with Gasteiger partial charge in [0.25, 0.3) is 0 Å². The Morgan fingerprint density at radius 2 is 1.76 bits per heavy atom. The number of aromatic nitrogens is 1. The van der Waals surface area contributed by atoms with Gasteiger partial charge < -0.3 is 15.2 Å². The molecule has 164 valence electrons. The van der Waals surface area contributed by atoms with Crippen molar-refractivity contribution in [2.75, 3.05) is 19.1 Å². The molecule has 0 fully saturated rings. The predicted molar refractivity (Wildman–Crippen MR) is 121 cm³/mol. The minimum absolute atomic E-state index is 0.0163. The highest BCUT2D eigenvalue weighted by Gasteiger charge is 2.42. The quantitative estimate of drug-likeness (QED) is 0.615. The Morgan fingerprint density at radius 1 is 1.03 bits per heavy atom. The van der Waals surface area contributed by atoms with E-state index in [1.165, 1.54) is 19.1 Å². The molecule has 1 unspecified atom stereocenters. The molecule has 0 bridgehead atoms. The van der Waals surface area contributed by atoms with Crippen LogP contribution < -0.4 is 10.6 Å². The van der Waals surface area contributed by atoms with E-state index >= 15 is 0 Å². The number of hydrogen-bond acceptors (Lipinski definition) is 8. The molecule has 0 saturated heterocycles. The van der Waals surface area contributed by atoms with Gasteiger partial charge in [-0.25, -0.2) is 9.59 Å². The normalized spacial score (nSPS) is 15.9. The number of ether oxygens (including phenoxy) is 2. The summed E-state index contributed by atoms with van der Waals surface area (Å²) < 4.78 is 10.1. The SMILES string of the molecule is COC(=O)C1=C(C(=O)OC)N(c2ccc3ncccc3c2)C(N)=C(C#N)C1c1ccccc1. The number of anilines is 1. The van der Waals surface area contributed by atoms with Crippen molar-refractivity contribution < 1.29 is 19.1 Å². The predicted octanol–water partition coefficient (Wildman–Crippen LogP) is 3.13. The number of carbonyl (C=O) groups excluding carboxylic acids is 2. The van der Waals surface area contributed by atoms with E-state index in [4.69, 9.17) is 15.2 Å². The number of nitrogens with zero attached hydrogens (tertiary/aromatic N) is 3. The summed E-state index contributed by atoms with van der Waals surface area (Å²) in [4.78, 5) is 31.8. The summed E-state index contributed by atoms with van der Waals surface area (Å²) in [5, 5.41) is 10.9. The van der Waals surface area contributed by atoms with E-state index in [-0.39, 0.29) is 22.7 Å². The number of rotatable bonds is 4. The molecule has 0 amide bonds. The number of esters is 2. The fourth-order valence-electron chi connectivity index (χ4n) is 3.98. The third-order valence-electron chi connectivity index (χ3n) is 5.46. The molecule has 2 N–H and O–H groups in total. The monoisotopic (exact) mass is 440 g/mol. The fraction of sp³-hybridized carbons (Fsp3) is 0.120. The van der Waals surface area contributed by atoms with E-state index < -0.39 is 17.9 Å². The number of methoxy groups -OCH3 is 2. The van der Waals surface area contributed by atoms with E-state index in [0.717, 1.165) is 10.9 Å². The summed E-state index contributed by atoms with van der Waals surface area (Å²) in [5.74, 6) is -2.45. The van der Waals surface area contributed by atoms with Crippen molar-refractivity contribution in [1.82, 2.24) is 4.98 Å². The molecule has 2 heterocycles. The van der Waals surface area contributed by atoms with Gasteiger partial charge in [0.2, 0.25) is 0 Å². The van der Waals surface area contributed by atoms with Crippen LogP contribution in [-0.2, 0) is 19.1 Å². The minimum Gasteiger partial charge on any atom is -0.466 e. The number of hydrogen-bond donors (Lipinski definition) is 1. The lowest BCUT2D eigenvalue weighted by molar-refractivity contribution is -0.139. The molecule has 0 radical (unpaired) electrons. The molecule has 1 atom stereocenters. The molecular weight excluding hydrogens is 420 g/mol. The number of nitriles is 1. The molecule has 8 heteroatoms. The topological polar surface area (TPSA) is 119 Å². The number of benzene rings is 2. The lowest BCUT2D eigenvalue weighted by Crippen LogP contribution is -2.40. The van der Waals surface area contributed by atoms with Crippen LogP contribution in [0.4, 0.5) is 5.69 Å². The summed E-state index contributed by atoms with van der Waals surface area (Å²) in [6, 6.07) is 19.9. The van der Waals surface area contributed by atoms with Crippen LogP contribution in [0, 0.1) is 11.3 Å². The van der Waals surface area contributed by atoms with Crippen molar-refractivity contribution in [3.63, 3.8) is 0 Å². The van der Waals surface area contributed by atoms with Crippen molar-refractivity contribution >= 4 is 28.5 Å². The Labute approximate surface area is 190 Å². The van der Waals surface area contributed by atoms with E-state index in [1.54, 1.807) is 54.7 Å². The Morgan fingerprint density at radius 3 is 2.42 bits per heavy atom. The summed E-state index contributed by atoms with van der Waals surface area (Å²) >= 11 is 0. The van der Waals surface area contributed by atoms with E-state index in [1.807, 2.05) is 12.1 Å². The van der Waals surface area contributed by atoms with Gasteiger partial charge in [-0.05, 0) is 29.8 Å². The lowest BCUT2D eigenvalue weighted by atomic mass is 9.81. The van der Waals surface area contributed by atoms with Crippen LogP contribution in [0.5, 0.6) is 0 Å². The Kier molecular flexibility index (Phi) is 5.79. The van der Waals surface area contributed by atoms with Crippen LogP contribution in [-0.4, -0.2) is 31.1 Å². The lowest BCUT2D eigenvalue weighted by Gasteiger charge is -2.36. The first-order chi connectivity index (χ1) is 16.0. The summed E-state index contributed by atoms with van der Waals surface area (Å²) in [6.07, 6.45) is 1.67. The van der Waals surface area contributed by atoms with Gasteiger partial charge >= 0.3 is 11.9 Å². The van der Waals surface area contributed by atoms with E-state index in [9.17, 15) is 14.9 Å². The molecule has 33 heavy (non-hydrogen) atoms. The van der Waals surface area contributed by atoms with Crippen LogP contribution in [0.2, 0.25) is 0 Å². The van der Waals surface area contributed by atoms with Crippen molar-refractivity contribution in [3.8, 4) is 6.07 Å². The number of allylic oxidation sites excluding steroid dienone is 1. The maximum absolute atomic E-state index is 13.1. The highest BCUT2D eigenvalue weighted by atomic mass is 16.5. The van der Waals surface area contributed by atoms with Crippen molar-refractivity contribution in [2.45, 2.75) is 5.92 Å². The average molecular weight is 440 g/mol. The molecule has 1 aliphatic heterocycles. The molecule has 0 spiro atoms. The van der Waals surface area contributed by atoms with Crippen LogP contribution in [0.15, 0.2) is 89.5 Å². The molecule has 0 aliphatic carbocycles. The maximum atomic E-state index is 13.1. The smallest absolute Gasteiger partial charge is 0.355 e. The summed E-state index contributed by atoms with van der Waals surface area (Å²) in [7, 11) is 2.43.